The largest absolute Gasteiger partial charge is 0.483 e. The summed E-state index contributed by atoms with van der Waals surface area (Å²) >= 11 is 0. The van der Waals surface area contributed by atoms with Crippen molar-refractivity contribution in [1.82, 2.24) is 9.80 Å². The second kappa shape index (κ2) is 10.8. The van der Waals surface area contributed by atoms with Gasteiger partial charge < -0.3 is 19.3 Å². The van der Waals surface area contributed by atoms with Crippen LogP contribution >= 0.6 is 0 Å². The Morgan fingerprint density at radius 2 is 1.85 bits per heavy atom. The number of nitrogens with zero attached hydrogens (tertiary/aromatic N) is 2. The lowest BCUT2D eigenvalue weighted by molar-refractivity contribution is -0.146. The van der Waals surface area contributed by atoms with Crippen molar-refractivity contribution in [3.63, 3.8) is 0 Å². The third-order valence-electron chi connectivity index (χ3n) is 4.18. The normalized spacial score (nSPS) is 12.0. The predicted octanol–water partition coefficient (Wildman–Crippen LogP) is 2.27. The van der Waals surface area contributed by atoms with Gasteiger partial charge in [-0.1, -0.05) is 19.1 Å². The fourth-order valence-corrected chi connectivity index (χ4v) is 2.60. The van der Waals surface area contributed by atoms with Crippen LogP contribution in [0, 0.1) is 19.8 Å². The molecule has 0 N–H and O–H groups in total. The Morgan fingerprint density at radius 1 is 1.15 bits per heavy atom. The lowest BCUT2D eigenvalue weighted by Gasteiger charge is -2.26. The van der Waals surface area contributed by atoms with Crippen molar-refractivity contribution in [2.45, 2.75) is 27.2 Å². The van der Waals surface area contributed by atoms with E-state index < -0.39 is 0 Å². The van der Waals surface area contributed by atoms with Crippen LogP contribution in [0.4, 0.5) is 0 Å². The van der Waals surface area contributed by atoms with Gasteiger partial charge in [0.25, 0.3) is 5.91 Å². The summed E-state index contributed by atoms with van der Waals surface area (Å²) in [6.07, 6.45) is 0.829. The molecule has 6 heteroatoms. The topological polar surface area (TPSA) is 59.1 Å². The van der Waals surface area contributed by atoms with Crippen molar-refractivity contribution < 1.29 is 19.1 Å². The third kappa shape index (κ3) is 7.44. The fourth-order valence-electron chi connectivity index (χ4n) is 2.60. The molecule has 0 aliphatic heterocycles. The van der Waals surface area contributed by atoms with Gasteiger partial charge in [-0.3, -0.25) is 9.59 Å². The molecule has 1 atom stereocenters. The summed E-state index contributed by atoms with van der Waals surface area (Å²) in [6.45, 7) is 7.44. The zero-order chi connectivity index (χ0) is 19.7. The van der Waals surface area contributed by atoms with E-state index in [2.05, 4.69) is 4.90 Å². The Hall–Kier alpha value is -2.08. The van der Waals surface area contributed by atoms with Crippen LogP contribution in [-0.2, 0) is 14.3 Å². The van der Waals surface area contributed by atoms with Gasteiger partial charge in [0.15, 0.2) is 6.61 Å². The number of aryl methyl sites for hydroxylation is 2. The summed E-state index contributed by atoms with van der Waals surface area (Å²) in [7, 11) is 5.35. The maximum absolute atomic E-state index is 12.7. The summed E-state index contributed by atoms with van der Waals surface area (Å²) in [5, 5.41) is 0. The number of esters is 1. The molecule has 0 aromatic heterocycles. The van der Waals surface area contributed by atoms with Gasteiger partial charge in [-0.05, 0) is 58.1 Å². The zero-order valence-corrected chi connectivity index (χ0v) is 16.9. The van der Waals surface area contributed by atoms with Gasteiger partial charge in [0.2, 0.25) is 0 Å². The molecule has 0 spiro atoms. The summed E-state index contributed by atoms with van der Waals surface area (Å²) in [5.41, 5.74) is 2.07. The lowest BCUT2D eigenvalue weighted by atomic mass is 10.1. The van der Waals surface area contributed by atoms with Crippen LogP contribution in [0.5, 0.6) is 5.75 Å². The number of ether oxygens (including phenoxy) is 2. The van der Waals surface area contributed by atoms with Gasteiger partial charge in [-0.2, -0.15) is 0 Å². The lowest BCUT2D eigenvalue weighted by Crippen LogP contribution is -2.41. The predicted molar refractivity (Wildman–Crippen MR) is 102 cm³/mol. The average Bonchev–Trinajstić information content (AvgIpc) is 2.60. The minimum atomic E-state index is -0.371. The number of amides is 1. The highest BCUT2D eigenvalue weighted by Crippen LogP contribution is 2.19. The third-order valence-corrected chi connectivity index (χ3v) is 4.18. The monoisotopic (exact) mass is 364 g/mol. The molecule has 146 valence electrons. The van der Waals surface area contributed by atoms with Crippen LogP contribution in [0.15, 0.2) is 18.2 Å². The molecule has 1 amide bonds. The molecule has 0 radical (unpaired) electrons. The molecule has 1 aromatic rings. The van der Waals surface area contributed by atoms with Gasteiger partial charge >= 0.3 is 5.97 Å². The molecule has 0 aliphatic carbocycles. The maximum Gasteiger partial charge on any atom is 0.310 e. The number of carbonyl (C=O) groups is 2. The quantitative estimate of drug-likeness (QED) is 0.596. The highest BCUT2D eigenvalue weighted by molar-refractivity contribution is 5.79. The molecule has 0 bridgehead atoms. The molecule has 6 nitrogen and oxygen atoms in total. The molecule has 0 fully saturated rings. The van der Waals surface area contributed by atoms with Gasteiger partial charge in [-0.25, -0.2) is 0 Å². The van der Waals surface area contributed by atoms with Gasteiger partial charge in [0, 0.05) is 13.1 Å². The first-order chi connectivity index (χ1) is 12.2. The Labute approximate surface area is 157 Å². The van der Waals surface area contributed by atoms with Crippen LogP contribution in [0.2, 0.25) is 0 Å². The minimum absolute atomic E-state index is 0.0415. The zero-order valence-electron chi connectivity index (χ0n) is 16.9. The van der Waals surface area contributed by atoms with Gasteiger partial charge in [0.1, 0.15) is 5.75 Å². The van der Waals surface area contributed by atoms with Crippen molar-refractivity contribution in [3.05, 3.63) is 29.3 Å². The van der Waals surface area contributed by atoms with E-state index in [0.717, 1.165) is 24.1 Å². The molecule has 1 unspecified atom stereocenters. The number of benzene rings is 1. The van der Waals surface area contributed by atoms with Crippen molar-refractivity contribution in [1.29, 1.82) is 0 Å². The molecule has 1 rings (SSSR count). The van der Waals surface area contributed by atoms with E-state index in [1.807, 2.05) is 46.1 Å². The first-order valence-electron chi connectivity index (χ1n) is 8.95. The summed E-state index contributed by atoms with van der Waals surface area (Å²) < 4.78 is 10.5. The molecule has 0 aliphatic rings. The first kappa shape index (κ1) is 22.0. The number of hydrogen-bond donors (Lipinski definition) is 0. The van der Waals surface area contributed by atoms with Crippen LogP contribution < -0.4 is 4.74 Å². The van der Waals surface area contributed by atoms with Crippen LogP contribution in [-0.4, -0.2) is 69.1 Å². The van der Waals surface area contributed by atoms with E-state index >= 15 is 0 Å². The van der Waals surface area contributed by atoms with Crippen molar-refractivity contribution >= 4 is 11.9 Å². The smallest absolute Gasteiger partial charge is 0.310 e. The van der Waals surface area contributed by atoms with E-state index in [1.165, 1.54) is 7.11 Å². The Bertz CT molecular complexity index is 601. The summed E-state index contributed by atoms with van der Waals surface area (Å²) in [4.78, 5) is 28.1. The number of carbonyl (C=O) groups excluding carboxylic acids is 2. The van der Waals surface area contributed by atoms with Crippen molar-refractivity contribution in [3.8, 4) is 5.75 Å². The van der Waals surface area contributed by atoms with Crippen molar-refractivity contribution in [2.75, 3.05) is 47.4 Å². The second-order valence-corrected chi connectivity index (χ2v) is 6.98. The van der Waals surface area contributed by atoms with E-state index in [9.17, 15) is 9.59 Å². The van der Waals surface area contributed by atoms with E-state index in [0.29, 0.717) is 18.8 Å². The maximum atomic E-state index is 12.7. The summed E-state index contributed by atoms with van der Waals surface area (Å²) in [5.74, 6) is -0.0945. The fraction of sp³-hybridized carbons (Fsp3) is 0.600. The van der Waals surface area contributed by atoms with Crippen LogP contribution in [0.3, 0.4) is 0 Å². The van der Waals surface area contributed by atoms with E-state index in [1.54, 1.807) is 11.8 Å². The molecule has 1 aromatic carbocycles. The average molecular weight is 364 g/mol. The molecular weight excluding hydrogens is 332 g/mol. The SMILES string of the molecule is COC(=O)C(C)CN(CCCN(C)C)C(=O)COc1cc(C)ccc1C. The van der Waals surface area contributed by atoms with Gasteiger partial charge in [-0.15, -0.1) is 0 Å². The Balaban J connectivity index is 2.71. The number of rotatable bonds is 10. The Kier molecular flexibility index (Phi) is 9.13. The standard InChI is InChI=1S/C20H32N2O4/c1-15-8-9-16(2)18(12-15)26-14-19(23)22(11-7-10-21(4)5)13-17(3)20(24)25-6/h8-9,12,17H,7,10-11,13-14H2,1-6H3. The van der Waals surface area contributed by atoms with E-state index in [-0.39, 0.29) is 24.4 Å². The van der Waals surface area contributed by atoms with E-state index in [4.69, 9.17) is 9.47 Å². The summed E-state index contributed by atoms with van der Waals surface area (Å²) in [6, 6.07) is 5.91. The first-order valence-corrected chi connectivity index (χ1v) is 8.95. The minimum Gasteiger partial charge on any atom is -0.483 e. The van der Waals surface area contributed by atoms with Crippen molar-refractivity contribution in [2.24, 2.45) is 5.92 Å². The number of hydrogen-bond acceptors (Lipinski definition) is 5. The van der Waals surface area contributed by atoms with Gasteiger partial charge in [0.05, 0.1) is 13.0 Å². The Morgan fingerprint density at radius 3 is 2.46 bits per heavy atom. The van der Waals surface area contributed by atoms with Crippen LogP contribution in [0.25, 0.3) is 0 Å². The molecule has 0 saturated carbocycles. The highest BCUT2D eigenvalue weighted by Gasteiger charge is 2.22. The van der Waals surface area contributed by atoms with Crippen LogP contribution in [0.1, 0.15) is 24.5 Å². The molecule has 0 saturated heterocycles. The second-order valence-electron chi connectivity index (χ2n) is 6.98. The molecular formula is C20H32N2O4. The molecule has 26 heavy (non-hydrogen) atoms. The molecule has 0 heterocycles. The highest BCUT2D eigenvalue weighted by atomic mass is 16.5. The number of methoxy groups -OCH3 is 1.